The standard InChI is InChI=1S/C21H20N4O2/c1-2-19-23-20(26)17-7-3-4-8-18(17)25(19)16-9-12-24(13-10-16)21(27)15-6-5-11-22-14-15/h3-9,11,14H,2,10,12-13H2,1H3. The first-order valence-corrected chi connectivity index (χ1v) is 9.08. The summed E-state index contributed by atoms with van der Waals surface area (Å²) in [6, 6.07) is 11.1. The molecular weight excluding hydrogens is 340 g/mol. The molecule has 0 bridgehead atoms. The van der Waals surface area contributed by atoms with Crippen molar-refractivity contribution in [3.8, 4) is 0 Å². The van der Waals surface area contributed by atoms with E-state index in [2.05, 4.69) is 20.6 Å². The van der Waals surface area contributed by atoms with E-state index in [0.717, 1.165) is 17.0 Å². The van der Waals surface area contributed by atoms with E-state index in [1.165, 1.54) is 0 Å². The van der Waals surface area contributed by atoms with Gasteiger partial charge < -0.3 is 9.47 Å². The van der Waals surface area contributed by atoms with Gasteiger partial charge in [0.25, 0.3) is 11.5 Å². The lowest BCUT2D eigenvalue weighted by Gasteiger charge is -2.28. The molecule has 0 aliphatic carbocycles. The molecule has 3 aromatic rings. The summed E-state index contributed by atoms with van der Waals surface area (Å²) in [5.74, 6) is 0.731. The minimum absolute atomic E-state index is 0.0167. The summed E-state index contributed by atoms with van der Waals surface area (Å²) in [5, 5.41) is 0.615. The number of amides is 1. The number of para-hydroxylation sites is 1. The molecule has 6 heteroatoms. The van der Waals surface area contributed by atoms with Crippen molar-refractivity contribution in [1.29, 1.82) is 0 Å². The van der Waals surface area contributed by atoms with Crippen LogP contribution in [0.5, 0.6) is 0 Å². The normalized spacial score (nSPS) is 14.3. The molecule has 0 radical (unpaired) electrons. The van der Waals surface area contributed by atoms with E-state index in [1.807, 2.05) is 36.1 Å². The molecule has 4 rings (SSSR count). The highest BCUT2D eigenvalue weighted by molar-refractivity contribution is 5.94. The molecule has 0 saturated heterocycles. The number of hydrogen-bond donors (Lipinski definition) is 0. The molecule has 3 heterocycles. The minimum Gasteiger partial charge on any atom is -0.334 e. The Morgan fingerprint density at radius 2 is 2.04 bits per heavy atom. The van der Waals surface area contributed by atoms with Gasteiger partial charge in [0.2, 0.25) is 0 Å². The van der Waals surface area contributed by atoms with Crippen LogP contribution in [-0.2, 0) is 6.42 Å². The van der Waals surface area contributed by atoms with Gasteiger partial charge in [-0.3, -0.25) is 14.6 Å². The van der Waals surface area contributed by atoms with Crippen LogP contribution >= 0.6 is 0 Å². The predicted molar refractivity (Wildman–Crippen MR) is 104 cm³/mol. The van der Waals surface area contributed by atoms with Gasteiger partial charge in [0.1, 0.15) is 5.82 Å². The molecule has 0 fully saturated rings. The smallest absolute Gasteiger partial charge is 0.280 e. The lowest BCUT2D eigenvalue weighted by Crippen LogP contribution is -2.35. The Morgan fingerprint density at radius 1 is 1.19 bits per heavy atom. The van der Waals surface area contributed by atoms with Crippen LogP contribution in [0.1, 0.15) is 29.5 Å². The summed E-state index contributed by atoms with van der Waals surface area (Å²) in [4.78, 5) is 35.0. The number of aromatic nitrogens is 3. The molecule has 1 aliphatic rings. The summed E-state index contributed by atoms with van der Waals surface area (Å²) in [5.41, 5.74) is 2.35. The third-order valence-corrected chi connectivity index (χ3v) is 4.85. The number of fused-ring (bicyclic) bond motifs is 1. The highest BCUT2D eigenvalue weighted by Gasteiger charge is 2.21. The van der Waals surface area contributed by atoms with E-state index in [0.29, 0.717) is 36.9 Å². The third kappa shape index (κ3) is 3.14. The first-order valence-electron chi connectivity index (χ1n) is 9.08. The number of rotatable bonds is 3. The van der Waals surface area contributed by atoms with Crippen molar-refractivity contribution in [3.63, 3.8) is 0 Å². The van der Waals surface area contributed by atoms with Crippen LogP contribution in [0.3, 0.4) is 0 Å². The van der Waals surface area contributed by atoms with E-state index in [-0.39, 0.29) is 11.5 Å². The fourth-order valence-corrected chi connectivity index (χ4v) is 3.49. The summed E-state index contributed by atoms with van der Waals surface area (Å²) in [6.45, 7) is 3.13. The van der Waals surface area contributed by atoms with Gasteiger partial charge in [0.05, 0.1) is 16.5 Å². The van der Waals surface area contributed by atoms with Crippen LogP contribution in [0.2, 0.25) is 0 Å². The second-order valence-electron chi connectivity index (χ2n) is 6.48. The topological polar surface area (TPSA) is 68.1 Å². The van der Waals surface area contributed by atoms with Gasteiger partial charge in [0, 0.05) is 44.0 Å². The summed E-state index contributed by atoms with van der Waals surface area (Å²) < 4.78 is 2.07. The minimum atomic E-state index is -0.191. The Hall–Kier alpha value is -3.28. The van der Waals surface area contributed by atoms with Gasteiger partial charge in [0.15, 0.2) is 0 Å². The van der Waals surface area contributed by atoms with Crippen molar-refractivity contribution in [1.82, 2.24) is 19.4 Å². The molecule has 6 nitrogen and oxygen atoms in total. The van der Waals surface area contributed by atoms with Crippen molar-refractivity contribution in [3.05, 3.63) is 76.6 Å². The van der Waals surface area contributed by atoms with Crippen molar-refractivity contribution in [2.45, 2.75) is 19.8 Å². The Morgan fingerprint density at radius 3 is 2.74 bits per heavy atom. The number of nitrogens with zero attached hydrogens (tertiary/aromatic N) is 4. The Balaban J connectivity index is 1.70. The average Bonchev–Trinajstić information content (AvgIpc) is 2.74. The number of benzene rings is 1. The van der Waals surface area contributed by atoms with Crippen LogP contribution < -0.4 is 5.56 Å². The molecule has 2 aromatic heterocycles. The molecule has 0 N–H and O–H groups in total. The number of aryl methyl sites for hydroxylation is 1. The average molecular weight is 360 g/mol. The van der Waals surface area contributed by atoms with Gasteiger partial charge >= 0.3 is 0 Å². The fraction of sp³-hybridized carbons (Fsp3) is 0.238. The molecule has 0 spiro atoms. The number of carbonyl (C=O) groups excluding carboxylic acids is 1. The van der Waals surface area contributed by atoms with Crippen LogP contribution in [0.25, 0.3) is 16.6 Å². The highest BCUT2D eigenvalue weighted by Crippen LogP contribution is 2.23. The Labute approximate surface area is 156 Å². The van der Waals surface area contributed by atoms with E-state index in [4.69, 9.17) is 0 Å². The van der Waals surface area contributed by atoms with Crippen molar-refractivity contribution in [2.24, 2.45) is 0 Å². The largest absolute Gasteiger partial charge is 0.334 e. The van der Waals surface area contributed by atoms with Crippen molar-refractivity contribution < 1.29 is 4.79 Å². The molecular formula is C21H20N4O2. The van der Waals surface area contributed by atoms with Gasteiger partial charge in [-0.1, -0.05) is 19.1 Å². The van der Waals surface area contributed by atoms with Crippen LogP contribution in [-0.4, -0.2) is 38.4 Å². The SMILES string of the molecule is CCc1nc(=O)c2ccccc2n1C1=CCN(C(=O)c2cccnc2)CC1. The summed E-state index contributed by atoms with van der Waals surface area (Å²) in [6.07, 6.45) is 6.67. The predicted octanol–water partition coefficient (Wildman–Crippen LogP) is 2.74. The van der Waals surface area contributed by atoms with Gasteiger partial charge in [-0.25, -0.2) is 0 Å². The maximum absolute atomic E-state index is 12.6. The van der Waals surface area contributed by atoms with Gasteiger partial charge in [-0.2, -0.15) is 4.98 Å². The number of pyridine rings is 1. The maximum atomic E-state index is 12.6. The molecule has 1 aromatic carbocycles. The molecule has 136 valence electrons. The van der Waals surface area contributed by atoms with Crippen LogP contribution in [0, 0.1) is 0 Å². The fourth-order valence-electron chi connectivity index (χ4n) is 3.49. The lowest BCUT2D eigenvalue weighted by molar-refractivity contribution is 0.0771. The maximum Gasteiger partial charge on any atom is 0.280 e. The second kappa shape index (κ2) is 7.15. The second-order valence-corrected chi connectivity index (χ2v) is 6.48. The molecule has 27 heavy (non-hydrogen) atoms. The van der Waals surface area contributed by atoms with Crippen LogP contribution in [0.15, 0.2) is 59.7 Å². The first-order chi connectivity index (χ1) is 13.2. The summed E-state index contributed by atoms with van der Waals surface area (Å²) >= 11 is 0. The Kier molecular flexibility index (Phi) is 4.54. The van der Waals surface area contributed by atoms with E-state index < -0.39 is 0 Å². The van der Waals surface area contributed by atoms with Crippen LogP contribution in [0.4, 0.5) is 0 Å². The zero-order chi connectivity index (χ0) is 18.8. The Bertz CT molecular complexity index is 1090. The highest BCUT2D eigenvalue weighted by atomic mass is 16.2. The molecule has 0 unspecified atom stereocenters. The van der Waals surface area contributed by atoms with Gasteiger partial charge in [-0.15, -0.1) is 0 Å². The molecule has 1 aliphatic heterocycles. The third-order valence-electron chi connectivity index (χ3n) is 4.85. The van der Waals surface area contributed by atoms with E-state index >= 15 is 0 Å². The quantitative estimate of drug-likeness (QED) is 0.720. The number of hydrogen-bond acceptors (Lipinski definition) is 4. The first kappa shape index (κ1) is 17.1. The van der Waals surface area contributed by atoms with Crippen molar-refractivity contribution in [2.75, 3.05) is 13.1 Å². The molecule has 1 amide bonds. The summed E-state index contributed by atoms with van der Waals surface area (Å²) in [7, 11) is 0. The molecule has 0 atom stereocenters. The molecule has 0 saturated carbocycles. The van der Waals surface area contributed by atoms with Crippen molar-refractivity contribution >= 4 is 22.5 Å². The van der Waals surface area contributed by atoms with E-state index in [1.54, 1.807) is 24.5 Å². The zero-order valence-corrected chi connectivity index (χ0v) is 15.1. The monoisotopic (exact) mass is 360 g/mol. The zero-order valence-electron chi connectivity index (χ0n) is 15.1. The van der Waals surface area contributed by atoms with Gasteiger partial charge in [-0.05, 0) is 30.3 Å². The lowest BCUT2D eigenvalue weighted by atomic mass is 10.1. The van der Waals surface area contributed by atoms with E-state index in [9.17, 15) is 9.59 Å². The number of carbonyl (C=O) groups is 1.